The summed E-state index contributed by atoms with van der Waals surface area (Å²) in [7, 11) is 1.17. The summed E-state index contributed by atoms with van der Waals surface area (Å²) in [5.41, 5.74) is 11.1. The van der Waals surface area contributed by atoms with Gasteiger partial charge in [-0.25, -0.2) is 4.99 Å². The van der Waals surface area contributed by atoms with Crippen LogP contribution in [-0.4, -0.2) is 79.5 Å². The Morgan fingerprint density at radius 2 is 1.62 bits per heavy atom. The fourth-order valence-electron chi connectivity index (χ4n) is 6.61. The molecule has 2 N–H and O–H groups in total. The number of carbonyl (C=O) groups is 1. The molecule has 1 saturated carbocycles. The number of likely N-dealkylation sites (tertiary alicyclic amines) is 1. The second-order valence-electron chi connectivity index (χ2n) is 12.4. The van der Waals surface area contributed by atoms with Gasteiger partial charge in [0.25, 0.3) is 0 Å². The lowest BCUT2D eigenvalue weighted by molar-refractivity contribution is -0.121. The van der Waals surface area contributed by atoms with E-state index in [1.165, 1.54) is 24.0 Å². The molecule has 45 heavy (non-hydrogen) atoms. The minimum absolute atomic E-state index is 0.176. The van der Waals surface area contributed by atoms with Crippen LogP contribution in [0.15, 0.2) is 93.7 Å². The first-order valence-electron chi connectivity index (χ1n) is 16.0. The molecule has 7 nitrogen and oxygen atoms in total. The van der Waals surface area contributed by atoms with Crippen LogP contribution in [0.1, 0.15) is 55.2 Å². The van der Waals surface area contributed by atoms with Crippen LogP contribution in [0.2, 0.25) is 0 Å². The summed E-state index contributed by atoms with van der Waals surface area (Å²) >= 11 is 0. The van der Waals surface area contributed by atoms with E-state index in [9.17, 15) is 4.79 Å². The highest BCUT2D eigenvalue weighted by molar-refractivity contribution is 8.16. The summed E-state index contributed by atoms with van der Waals surface area (Å²) in [6.07, 6.45) is 5.55. The summed E-state index contributed by atoms with van der Waals surface area (Å²) in [5.74, 6) is 5.83. The predicted octanol–water partition coefficient (Wildman–Crippen LogP) is 5.85. The number of piperidine rings is 1. The van der Waals surface area contributed by atoms with Crippen LogP contribution in [0.5, 0.6) is 5.75 Å². The van der Waals surface area contributed by atoms with E-state index >= 15 is 0 Å². The third-order valence-electron chi connectivity index (χ3n) is 9.63. The maximum Gasteiger partial charge on any atom is 0.233 e. The van der Waals surface area contributed by atoms with Crippen molar-refractivity contribution in [2.75, 3.05) is 46.5 Å². The van der Waals surface area contributed by atoms with Crippen molar-refractivity contribution < 1.29 is 14.3 Å². The molecule has 1 amide bonds. The third-order valence-corrected chi connectivity index (χ3v) is 12.0. The number of carbonyl (C=O) groups excluding carboxylic acids is 1. The van der Waals surface area contributed by atoms with Crippen molar-refractivity contribution in [3.05, 3.63) is 95.6 Å². The number of nitrogens with zero attached hydrogens (tertiary/aromatic N) is 3. The zero-order valence-corrected chi connectivity index (χ0v) is 27.1. The fourth-order valence-corrected chi connectivity index (χ4v) is 8.44. The van der Waals surface area contributed by atoms with Gasteiger partial charge in [0.05, 0.1) is 24.5 Å². The Labute approximate surface area is 269 Å². The lowest BCUT2D eigenvalue weighted by Gasteiger charge is -2.41. The van der Waals surface area contributed by atoms with Crippen LogP contribution >= 0.6 is 10.5 Å². The maximum atomic E-state index is 12.7. The number of hydrogen-bond acceptors (Lipinski definition) is 6. The lowest BCUT2D eigenvalue weighted by atomic mass is 9.87. The van der Waals surface area contributed by atoms with E-state index < -0.39 is 15.2 Å². The molecule has 3 aromatic rings. The van der Waals surface area contributed by atoms with E-state index in [0.29, 0.717) is 32.6 Å². The highest BCUT2D eigenvalue weighted by Crippen LogP contribution is 2.53. The van der Waals surface area contributed by atoms with Crippen molar-refractivity contribution in [1.29, 1.82) is 0 Å². The topological polar surface area (TPSA) is 89.5 Å². The predicted molar refractivity (Wildman–Crippen MR) is 185 cm³/mol. The molecule has 1 unspecified atom stereocenters. The van der Waals surface area contributed by atoms with E-state index in [1.807, 2.05) is 24.3 Å². The van der Waals surface area contributed by atoms with Crippen LogP contribution < -0.4 is 10.5 Å². The quantitative estimate of drug-likeness (QED) is 0.180. The standard InChI is InChI=1S/C37H44N4O3S/c1-43-26-24-41-22-20-37(21-23-41,35(38)42)45(2)33-16-14-32(15-17-33)44-25-6-9-31-27-39-34(40-31)28-10-12-30(13-11-28)36(18-19-36)29-7-4-3-5-8-29/h3-5,7-8,10-17H,2,6,9,18-27H2,1H3,(H2,38,42). The normalized spacial score (nSPS) is 19.4. The fraction of sp³-hybridized carbons (Fsp3) is 0.405. The van der Waals surface area contributed by atoms with Gasteiger partial charge in [0.2, 0.25) is 5.91 Å². The molecule has 0 bridgehead atoms. The molecular weight excluding hydrogens is 580 g/mol. The van der Waals surface area contributed by atoms with Gasteiger partial charge in [-0.3, -0.25) is 9.79 Å². The Morgan fingerprint density at radius 1 is 0.933 bits per heavy atom. The number of rotatable bonds is 14. The molecule has 1 saturated heterocycles. The molecule has 0 spiro atoms. The van der Waals surface area contributed by atoms with E-state index in [2.05, 4.69) is 65.4 Å². The van der Waals surface area contributed by atoms with Crippen molar-refractivity contribution in [2.24, 2.45) is 15.7 Å². The molecule has 2 aliphatic heterocycles. The van der Waals surface area contributed by atoms with Crippen molar-refractivity contribution in [3.63, 3.8) is 0 Å². The van der Waals surface area contributed by atoms with E-state index in [4.69, 9.17) is 25.2 Å². The van der Waals surface area contributed by atoms with Gasteiger partial charge < -0.3 is 20.1 Å². The van der Waals surface area contributed by atoms with E-state index in [1.54, 1.807) is 7.11 Å². The first kappa shape index (κ1) is 31.4. The van der Waals surface area contributed by atoms with Gasteiger partial charge in [0, 0.05) is 48.3 Å². The van der Waals surface area contributed by atoms with E-state index in [-0.39, 0.29) is 11.3 Å². The maximum absolute atomic E-state index is 12.7. The number of amidine groups is 1. The summed E-state index contributed by atoms with van der Waals surface area (Å²) < 4.78 is 10.6. The molecule has 0 aromatic heterocycles. The minimum Gasteiger partial charge on any atom is -0.494 e. The Bertz CT molecular complexity index is 1560. The molecule has 1 atom stereocenters. The van der Waals surface area contributed by atoms with Crippen molar-refractivity contribution in [1.82, 2.24) is 4.90 Å². The number of ether oxygens (including phenoxy) is 2. The Morgan fingerprint density at radius 3 is 2.27 bits per heavy atom. The average molecular weight is 625 g/mol. The van der Waals surface area contributed by atoms with Crippen LogP contribution in [-0.2, 0) is 14.9 Å². The van der Waals surface area contributed by atoms with Crippen molar-refractivity contribution >= 4 is 33.8 Å². The molecule has 236 valence electrons. The Balaban J connectivity index is 0.970. The molecule has 2 heterocycles. The minimum atomic E-state index is -0.613. The van der Waals surface area contributed by atoms with Gasteiger partial charge in [-0.1, -0.05) is 60.5 Å². The SMILES string of the molecule is C=S(c1ccc(OCCCC2=NC(c3ccc(C4(c5ccccc5)CC4)cc3)=NC2)cc1)C1(C(N)=O)CCN(CCOC)CC1. The first-order chi connectivity index (χ1) is 21.9. The number of hydrogen-bond donors (Lipinski definition) is 1. The van der Waals surface area contributed by atoms with Gasteiger partial charge in [-0.05, 0) is 73.9 Å². The lowest BCUT2D eigenvalue weighted by Crippen LogP contribution is -2.51. The highest BCUT2D eigenvalue weighted by atomic mass is 32.2. The van der Waals surface area contributed by atoms with Crippen LogP contribution in [0.3, 0.4) is 0 Å². The number of benzene rings is 3. The highest BCUT2D eigenvalue weighted by Gasteiger charge is 2.45. The van der Waals surface area contributed by atoms with Crippen LogP contribution in [0, 0.1) is 0 Å². The number of methoxy groups -OCH3 is 1. The zero-order chi connectivity index (χ0) is 31.3. The molecule has 2 fully saturated rings. The van der Waals surface area contributed by atoms with Gasteiger partial charge in [-0.2, -0.15) is 0 Å². The number of primary amides is 1. The van der Waals surface area contributed by atoms with Crippen LogP contribution in [0.4, 0.5) is 0 Å². The van der Waals surface area contributed by atoms with Gasteiger partial charge in [-0.15, -0.1) is 10.5 Å². The summed E-state index contributed by atoms with van der Waals surface area (Å²) in [4.78, 5) is 25.6. The summed E-state index contributed by atoms with van der Waals surface area (Å²) in [5, 5.41) is 0. The molecular formula is C37H44N4O3S. The Hall–Kier alpha value is -3.59. The first-order valence-corrected chi connectivity index (χ1v) is 17.4. The monoisotopic (exact) mass is 624 g/mol. The number of aliphatic imine (C=N–C) groups is 2. The molecule has 0 radical (unpaired) electrons. The molecule has 3 aliphatic rings. The third kappa shape index (κ3) is 6.83. The number of amides is 1. The second kappa shape index (κ2) is 13.8. The zero-order valence-electron chi connectivity index (χ0n) is 26.2. The molecule has 1 aliphatic carbocycles. The van der Waals surface area contributed by atoms with Gasteiger partial charge in [0.1, 0.15) is 5.75 Å². The van der Waals surface area contributed by atoms with Crippen molar-refractivity contribution in [2.45, 2.75) is 53.6 Å². The van der Waals surface area contributed by atoms with E-state index in [0.717, 1.165) is 60.2 Å². The largest absolute Gasteiger partial charge is 0.494 e. The molecule has 3 aromatic carbocycles. The molecule has 8 heteroatoms. The summed E-state index contributed by atoms with van der Waals surface area (Å²) in [6.45, 7) is 4.46. The second-order valence-corrected chi connectivity index (χ2v) is 14.4. The van der Waals surface area contributed by atoms with Gasteiger partial charge in [0.15, 0.2) is 5.84 Å². The number of nitrogens with two attached hydrogens (primary N) is 1. The average Bonchev–Trinajstić information content (AvgIpc) is 3.77. The smallest absolute Gasteiger partial charge is 0.233 e. The Kier molecular flexibility index (Phi) is 9.64. The van der Waals surface area contributed by atoms with Crippen molar-refractivity contribution in [3.8, 4) is 5.75 Å². The van der Waals surface area contributed by atoms with Crippen LogP contribution in [0.25, 0.3) is 0 Å². The summed E-state index contributed by atoms with van der Waals surface area (Å²) in [6, 6.07) is 27.7. The van der Waals surface area contributed by atoms with Gasteiger partial charge >= 0.3 is 0 Å². The molecule has 6 rings (SSSR count).